The zero-order valence-electron chi connectivity index (χ0n) is 13.6. The molecule has 1 aromatic heterocycles. The second-order valence-corrected chi connectivity index (χ2v) is 6.03. The van der Waals surface area contributed by atoms with Crippen LogP contribution in [0.2, 0.25) is 0 Å². The molecule has 0 bridgehead atoms. The number of carbonyl (C=O) groups excluding carboxylic acids is 1. The Labute approximate surface area is 143 Å². The lowest BCUT2D eigenvalue weighted by Gasteiger charge is -2.37. The van der Waals surface area contributed by atoms with Crippen LogP contribution in [-0.2, 0) is 0 Å². The SMILES string of the molecule is COc1ccc(F)c(F)c1C(=O)NC(c1ccccn1)C1CC(O)C1. The molecule has 25 heavy (non-hydrogen) atoms. The minimum absolute atomic E-state index is 0.0311. The summed E-state index contributed by atoms with van der Waals surface area (Å²) in [6.45, 7) is 0. The number of hydrogen-bond donors (Lipinski definition) is 2. The van der Waals surface area contributed by atoms with Crippen LogP contribution in [-0.4, -0.2) is 29.2 Å². The fraction of sp³-hybridized carbons (Fsp3) is 0.333. The number of methoxy groups -OCH3 is 1. The van der Waals surface area contributed by atoms with Crippen molar-refractivity contribution in [3.05, 3.63) is 59.4 Å². The smallest absolute Gasteiger partial charge is 0.258 e. The molecule has 1 aromatic carbocycles. The molecule has 1 aliphatic rings. The van der Waals surface area contributed by atoms with Gasteiger partial charge in [0.15, 0.2) is 11.6 Å². The van der Waals surface area contributed by atoms with E-state index < -0.39 is 35.3 Å². The molecule has 0 spiro atoms. The van der Waals surface area contributed by atoms with E-state index in [4.69, 9.17) is 4.74 Å². The third-order valence-electron chi connectivity index (χ3n) is 4.42. The van der Waals surface area contributed by atoms with E-state index in [1.165, 1.54) is 13.2 Å². The average Bonchev–Trinajstić information content (AvgIpc) is 2.60. The van der Waals surface area contributed by atoms with Crippen molar-refractivity contribution in [3.8, 4) is 5.75 Å². The minimum atomic E-state index is -1.26. The molecule has 7 heteroatoms. The Hall–Kier alpha value is -2.54. The maximum atomic E-state index is 14.1. The second-order valence-electron chi connectivity index (χ2n) is 6.03. The van der Waals surface area contributed by atoms with Gasteiger partial charge in [-0.3, -0.25) is 9.78 Å². The minimum Gasteiger partial charge on any atom is -0.496 e. The molecule has 3 rings (SSSR count). The molecule has 0 radical (unpaired) electrons. The van der Waals surface area contributed by atoms with Crippen LogP contribution in [0.4, 0.5) is 8.78 Å². The molecule has 1 fully saturated rings. The molecule has 1 saturated carbocycles. The molecule has 1 unspecified atom stereocenters. The number of aliphatic hydroxyl groups excluding tert-OH is 1. The summed E-state index contributed by atoms with van der Waals surface area (Å²) in [5.74, 6) is -3.25. The Morgan fingerprint density at radius 1 is 1.32 bits per heavy atom. The first-order chi connectivity index (χ1) is 12.0. The van der Waals surface area contributed by atoms with Gasteiger partial charge in [0.2, 0.25) is 0 Å². The number of aromatic nitrogens is 1. The van der Waals surface area contributed by atoms with Crippen molar-refractivity contribution >= 4 is 5.91 Å². The van der Waals surface area contributed by atoms with Gasteiger partial charge in [0.25, 0.3) is 5.91 Å². The predicted molar refractivity (Wildman–Crippen MR) is 86.1 cm³/mol. The van der Waals surface area contributed by atoms with E-state index in [0.717, 1.165) is 6.07 Å². The Morgan fingerprint density at radius 2 is 2.08 bits per heavy atom. The van der Waals surface area contributed by atoms with Gasteiger partial charge in [0.05, 0.1) is 24.9 Å². The highest BCUT2D eigenvalue weighted by atomic mass is 19.2. The largest absolute Gasteiger partial charge is 0.496 e. The van der Waals surface area contributed by atoms with Crippen LogP contribution >= 0.6 is 0 Å². The van der Waals surface area contributed by atoms with Crippen LogP contribution in [0.5, 0.6) is 5.75 Å². The van der Waals surface area contributed by atoms with Gasteiger partial charge < -0.3 is 15.2 Å². The lowest BCUT2D eigenvalue weighted by atomic mass is 9.76. The fourth-order valence-corrected chi connectivity index (χ4v) is 3.02. The quantitative estimate of drug-likeness (QED) is 0.871. The molecule has 1 atom stereocenters. The van der Waals surface area contributed by atoms with Crippen molar-refractivity contribution in [2.24, 2.45) is 5.92 Å². The number of amides is 1. The Kier molecular flexibility index (Phi) is 4.94. The first-order valence-corrected chi connectivity index (χ1v) is 7.93. The number of hydrogen-bond acceptors (Lipinski definition) is 4. The number of aliphatic hydroxyl groups is 1. The van der Waals surface area contributed by atoms with Gasteiger partial charge in [-0.2, -0.15) is 0 Å². The highest BCUT2D eigenvalue weighted by Crippen LogP contribution is 2.38. The number of nitrogens with zero attached hydrogens (tertiary/aromatic N) is 1. The van der Waals surface area contributed by atoms with Crippen molar-refractivity contribution in [3.63, 3.8) is 0 Å². The van der Waals surface area contributed by atoms with Crippen molar-refractivity contribution in [1.29, 1.82) is 0 Å². The summed E-state index contributed by atoms with van der Waals surface area (Å²) >= 11 is 0. The van der Waals surface area contributed by atoms with E-state index in [1.54, 1.807) is 24.4 Å². The molecule has 0 aliphatic heterocycles. The van der Waals surface area contributed by atoms with Crippen LogP contribution in [0.3, 0.4) is 0 Å². The van der Waals surface area contributed by atoms with Crippen molar-refractivity contribution in [2.75, 3.05) is 7.11 Å². The number of nitrogens with one attached hydrogen (secondary N) is 1. The molecule has 5 nitrogen and oxygen atoms in total. The fourth-order valence-electron chi connectivity index (χ4n) is 3.02. The molecular weight excluding hydrogens is 330 g/mol. The van der Waals surface area contributed by atoms with Gasteiger partial charge in [-0.05, 0) is 43.0 Å². The number of pyridine rings is 1. The summed E-state index contributed by atoms with van der Waals surface area (Å²) in [4.78, 5) is 16.9. The summed E-state index contributed by atoms with van der Waals surface area (Å²) < 4.78 is 32.7. The van der Waals surface area contributed by atoms with Crippen molar-refractivity contribution < 1.29 is 23.4 Å². The Morgan fingerprint density at radius 3 is 2.68 bits per heavy atom. The zero-order chi connectivity index (χ0) is 18.0. The topological polar surface area (TPSA) is 71.5 Å². The predicted octanol–water partition coefficient (Wildman–Crippen LogP) is 2.61. The molecule has 1 heterocycles. The molecule has 1 aliphatic carbocycles. The first-order valence-electron chi connectivity index (χ1n) is 7.93. The number of ether oxygens (including phenoxy) is 1. The third kappa shape index (κ3) is 3.46. The first kappa shape index (κ1) is 17.3. The van der Waals surface area contributed by atoms with Crippen LogP contribution in [0.15, 0.2) is 36.5 Å². The lowest BCUT2D eigenvalue weighted by Crippen LogP contribution is -2.42. The van der Waals surface area contributed by atoms with Gasteiger partial charge in [0, 0.05) is 6.20 Å². The van der Waals surface area contributed by atoms with Crippen LogP contribution in [0.25, 0.3) is 0 Å². The molecule has 1 amide bonds. The Bertz CT molecular complexity index is 764. The molecule has 2 N–H and O–H groups in total. The van der Waals surface area contributed by atoms with Crippen LogP contribution < -0.4 is 10.1 Å². The standard InChI is InChI=1S/C18H18F2N2O3/c1-25-14-6-5-12(19)16(20)15(14)18(24)22-17(10-8-11(23)9-10)13-4-2-3-7-21-13/h2-7,10-11,17,23H,8-9H2,1H3,(H,22,24). The third-order valence-corrected chi connectivity index (χ3v) is 4.42. The molecule has 132 valence electrons. The zero-order valence-corrected chi connectivity index (χ0v) is 13.6. The lowest BCUT2D eigenvalue weighted by molar-refractivity contribution is 0.0227. The van der Waals surface area contributed by atoms with Gasteiger partial charge in [-0.1, -0.05) is 6.07 Å². The molecular formula is C18H18F2N2O3. The van der Waals surface area contributed by atoms with Gasteiger partial charge in [-0.15, -0.1) is 0 Å². The van der Waals surface area contributed by atoms with Crippen LogP contribution in [0.1, 0.15) is 34.9 Å². The summed E-state index contributed by atoms with van der Waals surface area (Å²) in [5, 5.41) is 12.3. The summed E-state index contributed by atoms with van der Waals surface area (Å²) in [6.07, 6.45) is 2.18. The summed E-state index contributed by atoms with van der Waals surface area (Å²) in [5.41, 5.74) is 0.117. The molecule has 0 saturated heterocycles. The summed E-state index contributed by atoms with van der Waals surface area (Å²) in [7, 11) is 1.28. The van der Waals surface area contributed by atoms with Crippen molar-refractivity contribution in [1.82, 2.24) is 10.3 Å². The monoisotopic (exact) mass is 348 g/mol. The van der Waals surface area contributed by atoms with Crippen molar-refractivity contribution in [2.45, 2.75) is 25.0 Å². The normalized spacial score (nSPS) is 20.5. The van der Waals surface area contributed by atoms with E-state index >= 15 is 0 Å². The highest BCUT2D eigenvalue weighted by Gasteiger charge is 2.37. The highest BCUT2D eigenvalue weighted by molar-refractivity contribution is 5.97. The van der Waals surface area contributed by atoms with Gasteiger partial charge >= 0.3 is 0 Å². The van der Waals surface area contributed by atoms with Gasteiger partial charge in [-0.25, -0.2) is 8.78 Å². The number of halogens is 2. The summed E-state index contributed by atoms with van der Waals surface area (Å²) in [6, 6.07) is 6.87. The van der Waals surface area contributed by atoms with Crippen LogP contribution in [0, 0.1) is 17.6 Å². The molecule has 2 aromatic rings. The van der Waals surface area contributed by atoms with E-state index in [9.17, 15) is 18.7 Å². The maximum Gasteiger partial charge on any atom is 0.258 e. The van der Waals surface area contributed by atoms with E-state index in [2.05, 4.69) is 10.3 Å². The Balaban J connectivity index is 1.90. The number of carbonyl (C=O) groups is 1. The maximum absolute atomic E-state index is 14.1. The number of rotatable bonds is 5. The van der Waals surface area contributed by atoms with E-state index in [-0.39, 0.29) is 11.7 Å². The second kappa shape index (κ2) is 7.14. The van der Waals surface area contributed by atoms with Gasteiger partial charge in [0.1, 0.15) is 11.3 Å². The number of benzene rings is 1. The van der Waals surface area contributed by atoms with E-state index in [0.29, 0.717) is 18.5 Å². The average molecular weight is 348 g/mol. The van der Waals surface area contributed by atoms with E-state index in [1.807, 2.05) is 0 Å².